The first-order chi connectivity index (χ1) is 15.5. The van der Waals surface area contributed by atoms with Crippen LogP contribution in [0.5, 0.6) is 0 Å². The quantitative estimate of drug-likeness (QED) is 0.486. The monoisotopic (exact) mass is 400 g/mol. The van der Waals surface area contributed by atoms with E-state index in [2.05, 4.69) is 0 Å². The van der Waals surface area contributed by atoms with Gasteiger partial charge >= 0.3 is 5.97 Å². The fraction of sp³-hybridized carbons (Fsp3) is 0.526. The van der Waals surface area contributed by atoms with E-state index >= 15 is 0 Å². The number of piperidine rings is 1. The molecular formula is C19H22NO4S2+. The van der Waals surface area contributed by atoms with Gasteiger partial charge in [0.05, 0.1) is 34.7 Å². The van der Waals surface area contributed by atoms with Crippen LogP contribution in [0.2, 0.25) is 0 Å². The molecule has 3 aliphatic heterocycles. The van der Waals surface area contributed by atoms with Gasteiger partial charge in [0, 0.05) is 12.8 Å². The molecule has 5 nitrogen and oxygen atoms in total. The minimum Gasteiger partial charge on any atom is -0.459 e. The smallest absolute Gasteiger partial charge is 0.349 e. The summed E-state index contributed by atoms with van der Waals surface area (Å²) in [5, 5.41) is 14.8. The number of morpholine rings is 1. The average molecular weight is 401 g/mol. The first kappa shape index (κ1) is 10.3. The number of aliphatic hydroxyl groups is 1. The molecule has 2 aromatic rings. The molecule has 2 bridgehead atoms. The number of hydrogen-bond donors (Lipinski definition) is 1. The molecule has 0 aromatic carbocycles. The summed E-state index contributed by atoms with van der Waals surface area (Å²) in [6.45, 7) is -2.98. The molecule has 4 unspecified atom stereocenters. The first-order valence-corrected chi connectivity index (χ1v) is 9.83. The molecule has 3 aliphatic rings. The molecule has 4 atom stereocenters. The van der Waals surface area contributed by atoms with Crippen molar-refractivity contribution in [2.24, 2.45) is 0 Å². The van der Waals surface area contributed by atoms with E-state index in [-0.39, 0.29) is 9.75 Å². The number of carbonyl (C=O) groups is 1. The Balaban J connectivity index is 1.57. The lowest BCUT2D eigenvalue weighted by Gasteiger charge is -2.45. The normalized spacial score (nSPS) is 57.2. The summed E-state index contributed by atoms with van der Waals surface area (Å²) in [7, 11) is 1.10. The van der Waals surface area contributed by atoms with Gasteiger partial charge in [-0.2, -0.15) is 0 Å². The predicted octanol–water partition coefficient (Wildman–Crippen LogP) is 2.35. The summed E-state index contributed by atoms with van der Waals surface area (Å²) in [6.07, 6.45) is -8.76. The topological polar surface area (TPSA) is 59.1 Å². The molecule has 138 valence electrons. The van der Waals surface area contributed by atoms with Crippen molar-refractivity contribution in [3.8, 4) is 0 Å². The van der Waals surface area contributed by atoms with E-state index in [0.29, 0.717) is 0 Å². The van der Waals surface area contributed by atoms with Crippen molar-refractivity contribution in [2.45, 2.75) is 48.7 Å². The molecule has 3 saturated heterocycles. The molecule has 5 rings (SSSR count). The number of carbonyl (C=O) groups excluding carboxylic acids is 1. The van der Waals surface area contributed by atoms with Crippen LogP contribution in [0.4, 0.5) is 0 Å². The number of ether oxygens (including phenoxy) is 2. The fourth-order valence-electron chi connectivity index (χ4n) is 3.51. The van der Waals surface area contributed by atoms with Gasteiger partial charge in [-0.1, -0.05) is 12.1 Å². The Morgan fingerprint density at radius 1 is 1.31 bits per heavy atom. The molecule has 0 saturated carbocycles. The number of hydrogen-bond acceptors (Lipinski definition) is 6. The van der Waals surface area contributed by atoms with Crippen molar-refractivity contribution in [1.82, 2.24) is 0 Å². The molecule has 3 fully saturated rings. The zero-order valence-electron chi connectivity index (χ0n) is 21.8. The highest BCUT2D eigenvalue weighted by Gasteiger charge is 2.71. The Kier molecular flexibility index (Phi) is 2.24. The zero-order chi connectivity index (χ0) is 25.2. The maximum absolute atomic E-state index is 13.4. The largest absolute Gasteiger partial charge is 0.459 e. The second-order valence-corrected chi connectivity index (χ2v) is 8.50. The van der Waals surface area contributed by atoms with Crippen molar-refractivity contribution < 1.29 is 34.8 Å². The van der Waals surface area contributed by atoms with Crippen molar-refractivity contribution in [3.05, 3.63) is 44.8 Å². The van der Waals surface area contributed by atoms with Crippen LogP contribution in [0.1, 0.15) is 33.6 Å². The van der Waals surface area contributed by atoms with Crippen LogP contribution in [0.25, 0.3) is 0 Å². The molecule has 2 aromatic heterocycles. The van der Waals surface area contributed by atoms with E-state index in [9.17, 15) is 9.90 Å². The van der Waals surface area contributed by atoms with Gasteiger partial charge in [-0.25, -0.2) is 4.79 Å². The van der Waals surface area contributed by atoms with Gasteiger partial charge in [0.2, 0.25) is 5.60 Å². The average Bonchev–Trinajstić information content (AvgIpc) is 3.20. The van der Waals surface area contributed by atoms with E-state index in [0.717, 1.165) is 29.7 Å². The molecule has 26 heavy (non-hydrogen) atoms. The molecule has 0 aliphatic carbocycles. The number of esters is 1. The summed E-state index contributed by atoms with van der Waals surface area (Å²) in [6, 6.07) is 1.36. The molecular weight excluding hydrogens is 370 g/mol. The van der Waals surface area contributed by atoms with Gasteiger partial charge in [-0.05, 0) is 22.9 Å². The van der Waals surface area contributed by atoms with Crippen LogP contribution >= 0.6 is 22.7 Å². The van der Waals surface area contributed by atoms with E-state index in [1.165, 1.54) is 12.1 Å². The van der Waals surface area contributed by atoms with Crippen molar-refractivity contribution in [3.63, 3.8) is 0 Å². The summed E-state index contributed by atoms with van der Waals surface area (Å²) in [5.41, 5.74) is -2.25. The number of thiophene rings is 2. The van der Waals surface area contributed by atoms with Gasteiger partial charge in [0.1, 0.15) is 30.3 Å². The number of nitrogens with zero attached hydrogens (tertiary/aromatic N) is 1. The third-order valence-corrected chi connectivity index (χ3v) is 6.95. The lowest BCUT2D eigenvalue weighted by molar-refractivity contribution is -0.938. The first-order valence-electron chi connectivity index (χ1n) is 12.1. The van der Waals surface area contributed by atoms with Gasteiger partial charge in [0.25, 0.3) is 0 Å². The Hall–Kier alpha value is -1.25. The van der Waals surface area contributed by atoms with Gasteiger partial charge in [-0.15, -0.1) is 22.7 Å². The number of fused-ring (bicyclic) bond motifs is 5. The SMILES string of the molecule is [2H]C1(OC(=O)C(O)(c2cccs2)c2cccs2)CC2([2H])C3([2H])OC3([2H])C([2H])(C1)[N+]2(C)C([2H])([2H])[2H]. The van der Waals surface area contributed by atoms with Crippen molar-refractivity contribution >= 4 is 28.6 Å². The Morgan fingerprint density at radius 3 is 2.35 bits per heavy atom. The number of likely N-dealkylation sites (N-methyl/N-ethyl adjacent to an activating group) is 1. The summed E-state index contributed by atoms with van der Waals surface area (Å²) < 4.78 is 77.7. The van der Waals surface area contributed by atoms with E-state index < -0.39 is 66.1 Å². The van der Waals surface area contributed by atoms with Crippen LogP contribution < -0.4 is 0 Å². The third kappa shape index (κ3) is 2.28. The molecule has 0 radical (unpaired) electrons. The van der Waals surface area contributed by atoms with Crippen LogP contribution in [-0.4, -0.2) is 59.9 Å². The van der Waals surface area contributed by atoms with Crippen LogP contribution in [0.3, 0.4) is 0 Å². The fourth-order valence-corrected chi connectivity index (χ4v) is 5.22. The minimum atomic E-state index is -2.98. The lowest BCUT2D eigenvalue weighted by atomic mass is 9.95. The number of quaternary nitrogens is 1. The molecule has 1 N–H and O–H groups in total. The van der Waals surface area contributed by atoms with Gasteiger partial charge < -0.3 is 19.1 Å². The zero-order valence-corrected chi connectivity index (χ0v) is 15.4. The molecule has 5 heterocycles. The Bertz CT molecular complexity index is 1100. The van der Waals surface area contributed by atoms with Gasteiger partial charge in [0.15, 0.2) is 0 Å². The lowest BCUT2D eigenvalue weighted by Crippen LogP contribution is -2.60. The number of rotatable bonds is 4. The summed E-state index contributed by atoms with van der Waals surface area (Å²) >= 11 is 2.20. The second kappa shape index (κ2) is 5.62. The van der Waals surface area contributed by atoms with Crippen LogP contribution in [-0.2, 0) is 19.9 Å². The van der Waals surface area contributed by atoms with E-state index in [1.807, 2.05) is 0 Å². The van der Waals surface area contributed by atoms with Gasteiger partial charge in [-0.3, -0.25) is 0 Å². The molecule has 7 heteroatoms. The van der Waals surface area contributed by atoms with E-state index in [4.69, 9.17) is 20.4 Å². The van der Waals surface area contributed by atoms with Crippen LogP contribution in [0.15, 0.2) is 35.0 Å². The summed E-state index contributed by atoms with van der Waals surface area (Å²) in [5.74, 6) is -1.21. The van der Waals surface area contributed by atoms with Crippen LogP contribution in [0, 0.1) is 0 Å². The maximum Gasteiger partial charge on any atom is 0.349 e. The highest BCUT2D eigenvalue weighted by molar-refractivity contribution is 7.12. The molecule has 0 amide bonds. The maximum atomic E-state index is 13.4. The standard InChI is InChI=1S/C19H22NO4S2/c1-20(2)12-9-11(10-13(20)17-16(12)24-17)23-18(21)19(22,14-5-3-7-25-14)15-6-4-8-26-15/h3-8,11-13,16-17,22H,9-10H2,1-2H3/q+1/i1D3,11D,12D,13D,16D,17D. The highest BCUT2D eigenvalue weighted by Crippen LogP contribution is 2.52. The van der Waals surface area contributed by atoms with E-state index in [1.54, 1.807) is 22.9 Å². The van der Waals surface area contributed by atoms with Crippen molar-refractivity contribution in [1.29, 1.82) is 0 Å². The number of epoxide rings is 1. The molecule has 0 spiro atoms. The Morgan fingerprint density at radius 2 is 1.88 bits per heavy atom. The summed E-state index contributed by atoms with van der Waals surface area (Å²) in [4.78, 5) is 13.9. The Labute approximate surface area is 171 Å². The second-order valence-electron chi connectivity index (χ2n) is 6.61. The van der Waals surface area contributed by atoms with Crippen molar-refractivity contribution in [2.75, 3.05) is 14.0 Å². The predicted molar refractivity (Wildman–Crippen MR) is 99.1 cm³/mol. The third-order valence-electron chi connectivity index (χ3n) is 4.99. The minimum absolute atomic E-state index is 0.242. The highest BCUT2D eigenvalue weighted by atomic mass is 32.1.